The molecule has 0 saturated carbocycles. The predicted octanol–water partition coefficient (Wildman–Crippen LogP) is 18.5. The molecule has 8 aromatic carbocycles. The Kier molecular flexibility index (Phi) is 19.1. The van der Waals surface area contributed by atoms with Crippen molar-refractivity contribution in [3.63, 3.8) is 0 Å². The summed E-state index contributed by atoms with van der Waals surface area (Å²) in [6.07, 6.45) is -16.9. The van der Waals surface area contributed by atoms with Crippen molar-refractivity contribution in [2.45, 2.75) is 91.9 Å². The van der Waals surface area contributed by atoms with Crippen molar-refractivity contribution in [3.05, 3.63) is 178 Å². The van der Waals surface area contributed by atoms with Gasteiger partial charge in [0.2, 0.25) is 0 Å². The van der Waals surface area contributed by atoms with Gasteiger partial charge in [-0.15, -0.1) is 74.6 Å². The average Bonchev–Trinajstić information content (AvgIpc) is 4.04. The van der Waals surface area contributed by atoms with Crippen LogP contribution in [0.5, 0.6) is 0 Å². The number of halogens is 14. The number of alkyl halides is 12. The van der Waals surface area contributed by atoms with Crippen LogP contribution in [-0.2, 0) is 71.2 Å². The Balaban J connectivity index is 0.000000186. The second kappa shape index (κ2) is 24.2. The molecule has 0 spiro atoms. The van der Waals surface area contributed by atoms with E-state index < -0.39 is 67.8 Å². The predicted molar refractivity (Wildman–Crippen MR) is 273 cm³/mol. The first-order valence-corrected chi connectivity index (χ1v) is 30.8. The third-order valence-corrected chi connectivity index (χ3v) is 13.6. The third-order valence-electron chi connectivity index (χ3n) is 12.2. The summed E-state index contributed by atoms with van der Waals surface area (Å²) in [5.41, 5.74) is 1.82. The van der Waals surface area contributed by atoms with E-state index in [-0.39, 0.29) is 23.3 Å². The minimum absolute atomic E-state index is 0.0590. The van der Waals surface area contributed by atoms with E-state index in [4.69, 9.17) is 17.0 Å². The zero-order valence-corrected chi connectivity index (χ0v) is 45.9. The van der Waals surface area contributed by atoms with E-state index in [0.717, 1.165) is 68.5 Å². The molecule has 0 amide bonds. The molecule has 0 fully saturated rings. The van der Waals surface area contributed by atoms with Crippen LogP contribution in [0.2, 0.25) is 0 Å². The maximum atomic E-state index is 13.3. The Hall–Kier alpha value is -4.62. The quantitative estimate of drug-likeness (QED) is 0.0808. The first-order chi connectivity index (χ1) is 34.7. The van der Waals surface area contributed by atoms with Crippen LogP contribution in [0.15, 0.2) is 127 Å². The second-order valence-electron chi connectivity index (χ2n) is 18.6. The molecule has 0 unspecified atom stereocenters. The van der Waals surface area contributed by atoms with E-state index in [1.54, 1.807) is 12.1 Å². The number of benzene rings is 6. The Bertz CT molecular complexity index is 2920. The van der Waals surface area contributed by atoms with Gasteiger partial charge in [-0.05, 0) is 85.0 Å². The number of rotatable bonds is 8. The molecule has 1 aliphatic heterocycles. The molecule has 16 heteroatoms. The molecule has 0 saturated heterocycles. The van der Waals surface area contributed by atoms with Gasteiger partial charge in [0.1, 0.15) is 0 Å². The first kappa shape index (κ1) is 58.6. The Morgan fingerprint density at radius 1 is 0.514 bits per heavy atom. The fourth-order valence-corrected chi connectivity index (χ4v) is 10.5. The minimum Gasteiger partial charge on any atom is -0.184 e. The summed E-state index contributed by atoms with van der Waals surface area (Å²) in [4.78, 5) is 0. The normalized spacial score (nSPS) is 12.5. The summed E-state index contributed by atoms with van der Waals surface area (Å²) >= 11 is -0.826. The molecule has 0 N–H and O–H groups in total. The van der Waals surface area contributed by atoms with Crippen LogP contribution in [0.1, 0.15) is 86.1 Å². The Morgan fingerprint density at radius 3 is 1.26 bits per heavy atom. The van der Waals surface area contributed by atoms with Crippen molar-refractivity contribution >= 4 is 58.5 Å². The van der Waals surface area contributed by atoms with E-state index >= 15 is 0 Å². The van der Waals surface area contributed by atoms with Crippen molar-refractivity contribution in [3.8, 4) is 33.4 Å². The molecular weight excluding hydrogens is 1110 g/mol. The summed E-state index contributed by atoms with van der Waals surface area (Å²) in [5, 5.41) is 5.83. The van der Waals surface area contributed by atoms with Crippen molar-refractivity contribution < 1.29 is 73.5 Å². The van der Waals surface area contributed by atoms with Crippen LogP contribution in [0.25, 0.3) is 54.9 Å². The van der Waals surface area contributed by atoms with E-state index in [2.05, 4.69) is 70.2 Å². The summed E-state index contributed by atoms with van der Waals surface area (Å²) in [7, 11) is 10.7. The first-order valence-electron chi connectivity index (χ1n) is 23.5. The maximum Gasteiger partial charge on any atom is 0.0920 e. The van der Waals surface area contributed by atoms with Crippen LogP contribution < -0.4 is 10.4 Å². The van der Waals surface area contributed by atoms with Crippen LogP contribution in [0, 0.1) is 17.9 Å². The van der Waals surface area contributed by atoms with E-state index in [9.17, 15) is 52.7 Å². The fourth-order valence-electron chi connectivity index (χ4n) is 9.15. The zero-order valence-electron chi connectivity index (χ0n) is 40.9. The SMILES string of the molecule is CCc1ccc2[cH-]c(CC(C)C)cc2c1-c1cc(C(F)(F)F)cc(C(F)(F)F)c1.CCc1ccc2[cH-]c(CC(C)C)cc2c1-c1cc(C(F)(F)F)cc(C(F)(F)F)c1.[Cl][Zr][Cl].[c-]1cccc2c1[Si]c1ccccc1-2. The second-order valence-corrected chi connectivity index (χ2v) is 23.6. The molecule has 0 atom stereocenters. The van der Waals surface area contributed by atoms with Gasteiger partial charge in [0.25, 0.3) is 0 Å². The summed E-state index contributed by atoms with van der Waals surface area (Å²) in [5.74, 6) is 0.762. The monoisotopic (exact) mass is 1160 g/mol. The van der Waals surface area contributed by atoms with Gasteiger partial charge in [-0.25, -0.2) is 0 Å². The van der Waals surface area contributed by atoms with Crippen molar-refractivity contribution in [1.29, 1.82) is 0 Å². The van der Waals surface area contributed by atoms with E-state index in [1.165, 1.54) is 21.5 Å². The summed E-state index contributed by atoms with van der Waals surface area (Å²) in [6.45, 7) is 11.9. The zero-order chi connectivity index (χ0) is 54.5. The molecule has 0 aromatic heterocycles. The molecule has 9 rings (SSSR count). The van der Waals surface area contributed by atoms with Crippen LogP contribution in [0.3, 0.4) is 0 Å². The molecule has 8 aromatic rings. The molecule has 74 heavy (non-hydrogen) atoms. The number of hydrogen-bond acceptors (Lipinski definition) is 0. The van der Waals surface area contributed by atoms with Crippen LogP contribution >= 0.6 is 17.0 Å². The van der Waals surface area contributed by atoms with Gasteiger partial charge in [0, 0.05) is 0 Å². The van der Waals surface area contributed by atoms with Crippen molar-refractivity contribution in [1.82, 2.24) is 0 Å². The number of aryl methyl sites for hydroxylation is 2. The molecule has 2 radical (unpaired) electrons. The van der Waals surface area contributed by atoms with Gasteiger partial charge in [-0.3, -0.25) is 0 Å². The Morgan fingerprint density at radius 2 is 0.892 bits per heavy atom. The molecule has 1 heterocycles. The van der Waals surface area contributed by atoms with Gasteiger partial charge >= 0.3 is 62.6 Å². The standard InChI is InChI=1S/2C23H21F6.C12H7Si.2ClH.Zr/c2*1-4-15-5-6-16-8-14(7-13(2)3)9-20(16)21(15)17-10-18(22(24,25)26)12-19(11-17)23(27,28)29;1-3-7-11-9(5-1)10-6-2-4-8-12(10)13-11;;;/h2*5-6,8-13H,4,7H2,1-3H3;1-7H;2*1H;/q3*-1;;;+2/p-2. The van der Waals surface area contributed by atoms with Crippen molar-refractivity contribution in [2.75, 3.05) is 0 Å². The van der Waals surface area contributed by atoms with Gasteiger partial charge < -0.3 is 0 Å². The Labute approximate surface area is 444 Å². The maximum absolute atomic E-state index is 13.3. The van der Waals surface area contributed by atoms with Gasteiger partial charge in [-0.2, -0.15) is 94.3 Å². The summed E-state index contributed by atoms with van der Waals surface area (Å²) in [6, 6.07) is 36.8. The van der Waals surface area contributed by atoms with Gasteiger partial charge in [-0.1, -0.05) is 98.8 Å². The molecule has 0 nitrogen and oxygen atoms in total. The van der Waals surface area contributed by atoms with Gasteiger partial charge in [0.05, 0.1) is 31.8 Å². The number of fused-ring (bicyclic) bond motifs is 5. The minimum atomic E-state index is -4.87. The van der Waals surface area contributed by atoms with Crippen LogP contribution in [-0.4, -0.2) is 9.52 Å². The van der Waals surface area contributed by atoms with Crippen LogP contribution in [0.4, 0.5) is 52.7 Å². The molecule has 390 valence electrons. The van der Waals surface area contributed by atoms with E-state index in [0.29, 0.717) is 57.7 Å². The summed E-state index contributed by atoms with van der Waals surface area (Å²) < 4.78 is 160. The fraction of sp³-hybridized carbons (Fsp3) is 0.276. The molecule has 0 bridgehead atoms. The largest absolute Gasteiger partial charge is 0.184 e. The topological polar surface area (TPSA) is 0 Å². The van der Waals surface area contributed by atoms with Gasteiger partial charge in [0.15, 0.2) is 0 Å². The van der Waals surface area contributed by atoms with Crippen molar-refractivity contribution in [2.24, 2.45) is 11.8 Å². The molecule has 1 aliphatic rings. The molecule has 0 aliphatic carbocycles. The third kappa shape index (κ3) is 14.4. The average molecular weight is 1160 g/mol. The number of hydrogen-bond donors (Lipinski definition) is 0. The van der Waals surface area contributed by atoms with E-state index in [1.807, 2.05) is 56.3 Å². The smallest absolute Gasteiger partial charge is 0.0920 e. The molecular formula is C58H49Cl2F12SiZr-3.